The Morgan fingerprint density at radius 1 is 1.40 bits per heavy atom. The van der Waals surface area contributed by atoms with Crippen LogP contribution in [-0.4, -0.2) is 16.1 Å². The van der Waals surface area contributed by atoms with Gasteiger partial charge in [-0.1, -0.05) is 34.1 Å². The highest BCUT2D eigenvalue weighted by Gasteiger charge is 2.11. The summed E-state index contributed by atoms with van der Waals surface area (Å²) in [7, 11) is 0. The van der Waals surface area contributed by atoms with Crippen LogP contribution in [0.5, 0.6) is 0 Å². The number of benzene rings is 1. The molecule has 2 aromatic rings. The molecule has 0 fully saturated rings. The lowest BCUT2D eigenvalue weighted by atomic mass is 10.1. The number of hydrogen-bond acceptors (Lipinski definition) is 2. The molecule has 1 heterocycles. The third-order valence-corrected chi connectivity index (χ3v) is 2.69. The maximum atomic E-state index is 11.0. The maximum Gasteiger partial charge on any atom is 0.337 e. The van der Waals surface area contributed by atoms with E-state index in [-0.39, 0.29) is 5.56 Å². The van der Waals surface area contributed by atoms with Crippen molar-refractivity contribution in [2.45, 2.75) is 5.33 Å². The lowest BCUT2D eigenvalue weighted by Crippen LogP contribution is -2.03. The number of carboxylic acids is 1. The van der Waals surface area contributed by atoms with Gasteiger partial charge in [0.25, 0.3) is 0 Å². The van der Waals surface area contributed by atoms with Crippen molar-refractivity contribution in [3.05, 3.63) is 41.6 Å². The molecule has 0 aliphatic heterocycles. The number of carbonyl (C=O) groups is 1. The standard InChI is InChI=1S/C11H8BrNO2/c12-6-10-8(11(14)15)5-7-3-1-2-4-9(7)13-10/h1-5H,6H2,(H,14,15). The Kier molecular flexibility index (Phi) is 2.68. The van der Waals surface area contributed by atoms with Crippen molar-refractivity contribution in [1.82, 2.24) is 4.98 Å². The molecule has 0 atom stereocenters. The van der Waals surface area contributed by atoms with Crippen LogP contribution in [0.15, 0.2) is 30.3 Å². The number of rotatable bonds is 2. The molecule has 0 bridgehead atoms. The molecule has 4 heteroatoms. The van der Waals surface area contributed by atoms with Crippen LogP contribution < -0.4 is 0 Å². The first kappa shape index (κ1) is 10.1. The first-order valence-corrected chi connectivity index (χ1v) is 5.52. The number of aromatic nitrogens is 1. The quantitative estimate of drug-likeness (QED) is 0.850. The van der Waals surface area contributed by atoms with Gasteiger partial charge in [-0.3, -0.25) is 4.98 Å². The molecule has 0 saturated heterocycles. The summed E-state index contributed by atoms with van der Waals surface area (Å²) >= 11 is 3.24. The number of carboxylic acid groups (broad SMARTS) is 1. The number of para-hydroxylation sites is 1. The fourth-order valence-corrected chi connectivity index (χ4v) is 1.87. The second-order valence-electron chi connectivity index (χ2n) is 3.11. The van der Waals surface area contributed by atoms with Gasteiger partial charge in [0, 0.05) is 10.7 Å². The van der Waals surface area contributed by atoms with Crippen molar-refractivity contribution in [3.63, 3.8) is 0 Å². The summed E-state index contributed by atoms with van der Waals surface area (Å²) in [6, 6.07) is 9.12. The molecular weight excluding hydrogens is 258 g/mol. The molecule has 0 saturated carbocycles. The van der Waals surface area contributed by atoms with Gasteiger partial charge in [-0.2, -0.15) is 0 Å². The number of fused-ring (bicyclic) bond motifs is 1. The smallest absolute Gasteiger partial charge is 0.337 e. The summed E-state index contributed by atoms with van der Waals surface area (Å²) in [5, 5.41) is 10.3. The fraction of sp³-hybridized carbons (Fsp3) is 0.0909. The summed E-state index contributed by atoms with van der Waals surface area (Å²) in [6.07, 6.45) is 0. The molecule has 1 N–H and O–H groups in total. The van der Waals surface area contributed by atoms with E-state index in [9.17, 15) is 4.79 Å². The predicted molar refractivity (Wildman–Crippen MR) is 61.3 cm³/mol. The van der Waals surface area contributed by atoms with Gasteiger partial charge < -0.3 is 5.11 Å². The van der Waals surface area contributed by atoms with Crippen LogP contribution in [0.25, 0.3) is 10.9 Å². The molecule has 0 unspecified atom stereocenters. The molecular formula is C11H8BrNO2. The molecule has 0 spiro atoms. The second-order valence-corrected chi connectivity index (χ2v) is 3.67. The summed E-state index contributed by atoms with van der Waals surface area (Å²) in [6.45, 7) is 0. The van der Waals surface area contributed by atoms with Crippen molar-refractivity contribution in [3.8, 4) is 0 Å². The van der Waals surface area contributed by atoms with Crippen LogP contribution in [0.4, 0.5) is 0 Å². The van der Waals surface area contributed by atoms with E-state index in [0.717, 1.165) is 10.9 Å². The van der Waals surface area contributed by atoms with Gasteiger partial charge in [-0.05, 0) is 12.1 Å². The Labute approximate surface area is 94.9 Å². The average molecular weight is 266 g/mol. The van der Waals surface area contributed by atoms with Crippen LogP contribution in [0.3, 0.4) is 0 Å². The summed E-state index contributed by atoms with van der Waals surface area (Å²) < 4.78 is 0. The third kappa shape index (κ3) is 1.85. The first-order valence-electron chi connectivity index (χ1n) is 4.40. The highest BCUT2D eigenvalue weighted by Crippen LogP contribution is 2.18. The first-order chi connectivity index (χ1) is 7.22. The van der Waals surface area contributed by atoms with Crippen molar-refractivity contribution in [2.75, 3.05) is 0 Å². The van der Waals surface area contributed by atoms with Crippen LogP contribution >= 0.6 is 15.9 Å². The fourth-order valence-electron chi connectivity index (χ4n) is 1.44. The lowest BCUT2D eigenvalue weighted by Gasteiger charge is -2.04. The van der Waals surface area contributed by atoms with Crippen molar-refractivity contribution in [2.24, 2.45) is 0 Å². The van der Waals surface area contributed by atoms with E-state index >= 15 is 0 Å². The van der Waals surface area contributed by atoms with E-state index in [0.29, 0.717) is 11.0 Å². The van der Waals surface area contributed by atoms with Gasteiger partial charge in [0.1, 0.15) is 0 Å². The second kappa shape index (κ2) is 3.98. The van der Waals surface area contributed by atoms with Gasteiger partial charge in [-0.25, -0.2) is 4.79 Å². The molecule has 3 nitrogen and oxygen atoms in total. The summed E-state index contributed by atoms with van der Waals surface area (Å²) in [4.78, 5) is 15.3. The van der Waals surface area contributed by atoms with E-state index < -0.39 is 5.97 Å². The highest BCUT2D eigenvalue weighted by atomic mass is 79.9. The third-order valence-electron chi connectivity index (χ3n) is 2.16. The highest BCUT2D eigenvalue weighted by molar-refractivity contribution is 9.08. The largest absolute Gasteiger partial charge is 0.478 e. The zero-order chi connectivity index (χ0) is 10.8. The number of aromatic carboxylic acids is 1. The minimum Gasteiger partial charge on any atom is -0.478 e. The number of alkyl halides is 1. The molecule has 2 rings (SSSR count). The van der Waals surface area contributed by atoms with E-state index in [1.165, 1.54) is 0 Å². The van der Waals surface area contributed by atoms with E-state index in [4.69, 9.17) is 5.11 Å². The maximum absolute atomic E-state index is 11.0. The van der Waals surface area contributed by atoms with Gasteiger partial charge in [0.05, 0.1) is 16.8 Å². The van der Waals surface area contributed by atoms with Gasteiger partial charge in [-0.15, -0.1) is 0 Å². The molecule has 0 radical (unpaired) electrons. The number of halogens is 1. The van der Waals surface area contributed by atoms with Gasteiger partial charge in [0.15, 0.2) is 0 Å². The molecule has 76 valence electrons. The minimum absolute atomic E-state index is 0.255. The van der Waals surface area contributed by atoms with E-state index in [2.05, 4.69) is 20.9 Å². The Morgan fingerprint density at radius 2 is 2.13 bits per heavy atom. The minimum atomic E-state index is -0.942. The van der Waals surface area contributed by atoms with Crippen LogP contribution in [0.2, 0.25) is 0 Å². The average Bonchev–Trinajstić information content (AvgIpc) is 2.27. The molecule has 0 aliphatic carbocycles. The number of pyridine rings is 1. The summed E-state index contributed by atoms with van der Waals surface area (Å²) in [5.74, 6) is -0.942. The van der Waals surface area contributed by atoms with Crippen LogP contribution in [-0.2, 0) is 5.33 Å². The van der Waals surface area contributed by atoms with Gasteiger partial charge >= 0.3 is 5.97 Å². The van der Waals surface area contributed by atoms with Crippen LogP contribution in [0.1, 0.15) is 16.1 Å². The molecule has 15 heavy (non-hydrogen) atoms. The Bertz CT molecular complexity index is 525. The zero-order valence-corrected chi connectivity index (χ0v) is 9.36. The lowest BCUT2D eigenvalue weighted by molar-refractivity contribution is 0.0695. The molecule has 0 amide bonds. The van der Waals surface area contributed by atoms with Crippen molar-refractivity contribution >= 4 is 32.8 Å². The Balaban J connectivity index is 2.74. The van der Waals surface area contributed by atoms with E-state index in [1.807, 2.05) is 24.3 Å². The van der Waals surface area contributed by atoms with Crippen molar-refractivity contribution in [1.29, 1.82) is 0 Å². The Hall–Kier alpha value is -1.42. The summed E-state index contributed by atoms with van der Waals surface area (Å²) in [5.41, 5.74) is 1.63. The topological polar surface area (TPSA) is 50.2 Å². The Morgan fingerprint density at radius 3 is 2.80 bits per heavy atom. The number of hydrogen-bond donors (Lipinski definition) is 1. The van der Waals surface area contributed by atoms with Crippen LogP contribution in [0, 0.1) is 0 Å². The SMILES string of the molecule is O=C(O)c1cc2ccccc2nc1CBr. The molecule has 1 aromatic carbocycles. The molecule has 0 aliphatic rings. The number of nitrogens with zero attached hydrogens (tertiary/aromatic N) is 1. The predicted octanol–water partition coefficient (Wildman–Crippen LogP) is 2.83. The molecule has 1 aromatic heterocycles. The zero-order valence-electron chi connectivity index (χ0n) is 7.77. The van der Waals surface area contributed by atoms with E-state index in [1.54, 1.807) is 6.07 Å². The van der Waals surface area contributed by atoms with Crippen molar-refractivity contribution < 1.29 is 9.90 Å². The normalized spacial score (nSPS) is 10.5. The van der Waals surface area contributed by atoms with Gasteiger partial charge in [0.2, 0.25) is 0 Å². The monoisotopic (exact) mass is 265 g/mol.